The third-order valence-electron chi connectivity index (χ3n) is 5.68. The molecule has 1 aliphatic rings. The van der Waals surface area contributed by atoms with Crippen LogP contribution in [0.5, 0.6) is 0 Å². The molecular formula is C26H17Cl3F3NO2. The largest absolute Gasteiger partial charge is 0.399 e. The summed E-state index contributed by atoms with van der Waals surface area (Å²) in [7, 11) is 0. The number of hydrogen-bond donors (Lipinski definition) is 0. The number of halogens is 6. The van der Waals surface area contributed by atoms with E-state index in [-0.39, 0.29) is 39.0 Å². The van der Waals surface area contributed by atoms with Crippen molar-refractivity contribution < 1.29 is 22.8 Å². The van der Waals surface area contributed by atoms with Crippen molar-refractivity contribution in [3.8, 4) is 0 Å². The van der Waals surface area contributed by atoms with Gasteiger partial charge in [0.05, 0.1) is 32.1 Å². The maximum absolute atomic E-state index is 13.7. The normalized spacial score (nSPS) is 14.6. The van der Waals surface area contributed by atoms with Crippen molar-refractivity contribution in [1.82, 2.24) is 4.90 Å². The fraction of sp³-hybridized carbons (Fsp3) is 0.154. The maximum atomic E-state index is 13.7. The van der Waals surface area contributed by atoms with Crippen molar-refractivity contribution in [3.05, 3.63) is 110 Å². The summed E-state index contributed by atoms with van der Waals surface area (Å²) in [4.78, 5) is 26.1. The van der Waals surface area contributed by atoms with E-state index in [0.29, 0.717) is 23.1 Å². The molecule has 1 aliphatic heterocycles. The van der Waals surface area contributed by atoms with Crippen LogP contribution >= 0.6 is 34.8 Å². The molecule has 4 rings (SSSR count). The minimum Gasteiger partial charge on any atom is -0.274 e. The number of benzene rings is 3. The van der Waals surface area contributed by atoms with Gasteiger partial charge in [-0.1, -0.05) is 83.4 Å². The van der Waals surface area contributed by atoms with Crippen molar-refractivity contribution in [2.24, 2.45) is 0 Å². The van der Waals surface area contributed by atoms with Gasteiger partial charge in [0.1, 0.15) is 0 Å². The summed E-state index contributed by atoms with van der Waals surface area (Å²) in [6.07, 6.45) is -1.75. The smallest absolute Gasteiger partial charge is 0.274 e. The van der Waals surface area contributed by atoms with Crippen molar-refractivity contribution in [1.29, 1.82) is 0 Å². The molecule has 0 fully saturated rings. The molecule has 1 unspecified atom stereocenters. The fourth-order valence-corrected chi connectivity index (χ4v) is 4.46. The SMILES string of the molecule is O=C1c2ccccc2C(=O)N1CCc1ccc(/C=C/C(c2cc(Cl)c(Cl)c(Cl)c2)C(F)(F)F)cc1. The van der Waals surface area contributed by atoms with Crippen molar-refractivity contribution in [2.75, 3.05) is 6.54 Å². The minimum atomic E-state index is -4.57. The maximum Gasteiger partial charge on any atom is 0.399 e. The molecular weight excluding hydrogens is 522 g/mol. The van der Waals surface area contributed by atoms with Gasteiger partial charge in [-0.05, 0) is 47.4 Å². The zero-order valence-electron chi connectivity index (χ0n) is 18.0. The summed E-state index contributed by atoms with van der Waals surface area (Å²) in [5.41, 5.74) is 2.05. The van der Waals surface area contributed by atoms with Crippen LogP contribution in [-0.2, 0) is 6.42 Å². The Kier molecular flexibility index (Phi) is 7.27. The summed E-state index contributed by atoms with van der Waals surface area (Å²) in [6, 6.07) is 15.8. The van der Waals surface area contributed by atoms with E-state index in [9.17, 15) is 22.8 Å². The van der Waals surface area contributed by atoms with E-state index < -0.39 is 12.1 Å². The fourth-order valence-electron chi connectivity index (χ4n) is 3.85. The van der Waals surface area contributed by atoms with Gasteiger partial charge in [-0.25, -0.2) is 0 Å². The first-order valence-corrected chi connectivity index (χ1v) is 11.6. The average Bonchev–Trinajstić information content (AvgIpc) is 3.06. The molecule has 0 spiro atoms. The number of carbonyl (C=O) groups excluding carboxylic acids is 2. The number of imide groups is 1. The van der Waals surface area contributed by atoms with E-state index in [2.05, 4.69) is 0 Å². The molecule has 0 bridgehead atoms. The number of allylic oxidation sites excluding steroid dienone is 1. The van der Waals surface area contributed by atoms with E-state index in [4.69, 9.17) is 34.8 Å². The molecule has 1 heterocycles. The van der Waals surface area contributed by atoms with Gasteiger partial charge in [0.15, 0.2) is 0 Å². The van der Waals surface area contributed by atoms with Crippen LogP contribution < -0.4 is 0 Å². The Morgan fingerprint density at radius 2 is 1.40 bits per heavy atom. The number of alkyl halides is 3. The third-order valence-corrected chi connectivity index (χ3v) is 6.88. The quantitative estimate of drug-likeness (QED) is 0.237. The van der Waals surface area contributed by atoms with E-state index in [0.717, 1.165) is 23.8 Å². The molecule has 0 aliphatic carbocycles. The number of fused-ring (bicyclic) bond motifs is 1. The lowest BCUT2D eigenvalue weighted by Gasteiger charge is -2.18. The van der Waals surface area contributed by atoms with Gasteiger partial charge in [-0.15, -0.1) is 0 Å². The monoisotopic (exact) mass is 537 g/mol. The van der Waals surface area contributed by atoms with E-state index in [1.54, 1.807) is 48.5 Å². The van der Waals surface area contributed by atoms with Gasteiger partial charge in [0.2, 0.25) is 0 Å². The highest BCUT2D eigenvalue weighted by Gasteiger charge is 2.39. The van der Waals surface area contributed by atoms with Gasteiger partial charge < -0.3 is 0 Å². The van der Waals surface area contributed by atoms with Gasteiger partial charge in [0, 0.05) is 6.54 Å². The average molecular weight is 539 g/mol. The highest BCUT2D eigenvalue weighted by Crippen LogP contribution is 2.41. The third kappa shape index (κ3) is 5.40. The predicted molar refractivity (Wildman–Crippen MR) is 131 cm³/mol. The van der Waals surface area contributed by atoms with Crippen LogP contribution in [0.25, 0.3) is 6.08 Å². The first kappa shape index (κ1) is 25.3. The number of hydrogen-bond acceptors (Lipinski definition) is 2. The first-order valence-electron chi connectivity index (χ1n) is 10.5. The van der Waals surface area contributed by atoms with Crippen LogP contribution in [0.2, 0.25) is 15.1 Å². The molecule has 35 heavy (non-hydrogen) atoms. The molecule has 0 aromatic heterocycles. The first-order chi connectivity index (χ1) is 16.6. The molecule has 0 saturated carbocycles. The van der Waals surface area contributed by atoms with Gasteiger partial charge >= 0.3 is 6.18 Å². The zero-order valence-corrected chi connectivity index (χ0v) is 20.2. The Balaban J connectivity index is 1.45. The van der Waals surface area contributed by atoms with Crippen molar-refractivity contribution in [3.63, 3.8) is 0 Å². The summed E-state index contributed by atoms with van der Waals surface area (Å²) in [5.74, 6) is -2.58. The summed E-state index contributed by atoms with van der Waals surface area (Å²) < 4.78 is 41.1. The molecule has 0 N–H and O–H groups in total. The Morgan fingerprint density at radius 1 is 0.857 bits per heavy atom. The minimum absolute atomic E-state index is 0.00112. The lowest BCUT2D eigenvalue weighted by Crippen LogP contribution is -2.31. The van der Waals surface area contributed by atoms with Gasteiger partial charge in [-0.2, -0.15) is 13.2 Å². The molecule has 1 atom stereocenters. The summed E-state index contributed by atoms with van der Waals surface area (Å²) in [6.45, 7) is 0.204. The highest BCUT2D eigenvalue weighted by atomic mass is 35.5. The molecule has 0 saturated heterocycles. The van der Waals surface area contributed by atoms with Crippen LogP contribution in [0.3, 0.4) is 0 Å². The predicted octanol–water partition coefficient (Wildman–Crippen LogP) is 7.84. The van der Waals surface area contributed by atoms with Crippen LogP contribution in [0.1, 0.15) is 43.3 Å². The molecule has 3 aromatic carbocycles. The zero-order chi connectivity index (χ0) is 25.3. The summed E-state index contributed by atoms with van der Waals surface area (Å²) >= 11 is 17.7. The lowest BCUT2D eigenvalue weighted by atomic mass is 9.97. The molecule has 3 nitrogen and oxygen atoms in total. The van der Waals surface area contributed by atoms with Crippen LogP contribution in [0.15, 0.2) is 66.7 Å². The Hall–Kier alpha value is -2.80. The van der Waals surface area contributed by atoms with E-state index in [1.807, 2.05) is 0 Å². The topological polar surface area (TPSA) is 37.4 Å². The molecule has 2 amide bonds. The Morgan fingerprint density at radius 3 is 1.91 bits per heavy atom. The second-order valence-corrected chi connectivity index (χ2v) is 9.17. The highest BCUT2D eigenvalue weighted by molar-refractivity contribution is 6.48. The van der Waals surface area contributed by atoms with Crippen LogP contribution in [-0.4, -0.2) is 29.4 Å². The standard InChI is InChI=1S/C26H17Cl3F3NO2/c27-21-13-17(14-22(28)23(21)29)20(26(30,31)32)10-9-15-5-7-16(8-6-15)11-12-33-24(34)18-3-1-2-4-19(18)25(33)35/h1-10,13-14,20H,11-12H2/b10-9+. The molecule has 9 heteroatoms. The van der Waals surface area contributed by atoms with Gasteiger partial charge in [0.25, 0.3) is 11.8 Å². The number of nitrogens with zero attached hydrogens (tertiary/aromatic N) is 1. The van der Waals surface area contributed by atoms with Crippen LogP contribution in [0.4, 0.5) is 13.2 Å². The van der Waals surface area contributed by atoms with E-state index >= 15 is 0 Å². The Bertz CT molecular complexity index is 1260. The number of rotatable bonds is 6. The molecule has 3 aromatic rings. The number of amides is 2. The van der Waals surface area contributed by atoms with Crippen molar-refractivity contribution in [2.45, 2.75) is 18.5 Å². The summed E-state index contributed by atoms with van der Waals surface area (Å²) in [5, 5.41) is -0.114. The molecule has 180 valence electrons. The van der Waals surface area contributed by atoms with Crippen LogP contribution in [0, 0.1) is 0 Å². The molecule has 0 radical (unpaired) electrons. The second-order valence-electron chi connectivity index (χ2n) is 7.98. The van der Waals surface area contributed by atoms with E-state index in [1.165, 1.54) is 11.0 Å². The van der Waals surface area contributed by atoms with Crippen molar-refractivity contribution >= 4 is 52.7 Å². The van der Waals surface area contributed by atoms with Gasteiger partial charge in [-0.3, -0.25) is 14.5 Å². The lowest BCUT2D eigenvalue weighted by molar-refractivity contribution is -0.139. The number of carbonyl (C=O) groups is 2. The second kappa shape index (κ2) is 10.1. The Labute approximate surface area is 214 Å².